The smallest absolute Gasteiger partial charge is 0.240 e. The van der Waals surface area contributed by atoms with E-state index in [1.54, 1.807) is 12.1 Å². The van der Waals surface area contributed by atoms with Gasteiger partial charge in [-0.3, -0.25) is 0 Å². The summed E-state index contributed by atoms with van der Waals surface area (Å²) < 4.78 is 27.0. The van der Waals surface area contributed by atoms with E-state index in [-0.39, 0.29) is 22.9 Å². The molecule has 2 aromatic rings. The van der Waals surface area contributed by atoms with Crippen LogP contribution in [0.15, 0.2) is 35.2 Å². The normalized spacial score (nSPS) is 11.6. The third-order valence-corrected chi connectivity index (χ3v) is 5.00. The highest BCUT2D eigenvalue weighted by atomic mass is 35.5. The summed E-state index contributed by atoms with van der Waals surface area (Å²) in [7, 11) is -3.67. The third-order valence-electron chi connectivity index (χ3n) is 2.37. The van der Waals surface area contributed by atoms with Gasteiger partial charge in [0.05, 0.1) is 14.9 Å². The molecule has 1 aromatic heterocycles. The minimum atomic E-state index is -3.67. The van der Waals surface area contributed by atoms with Crippen LogP contribution in [0.25, 0.3) is 0 Å². The Hall–Kier alpha value is -1.28. The number of nitrogens with one attached hydrogen (secondary N) is 1. The Labute approximate surface area is 119 Å². The van der Waals surface area contributed by atoms with Crippen molar-refractivity contribution in [1.29, 1.82) is 0 Å². The van der Waals surface area contributed by atoms with Crippen LogP contribution in [0.5, 0.6) is 5.75 Å². The highest BCUT2D eigenvalue weighted by molar-refractivity contribution is 7.89. The van der Waals surface area contributed by atoms with E-state index >= 15 is 0 Å². The molecule has 0 bridgehead atoms. The second kappa shape index (κ2) is 5.38. The number of hydrogen-bond acceptors (Lipinski definition) is 5. The van der Waals surface area contributed by atoms with Gasteiger partial charge in [0, 0.05) is 11.4 Å². The molecule has 0 spiro atoms. The van der Waals surface area contributed by atoms with E-state index in [2.05, 4.69) is 4.72 Å². The maximum atomic E-state index is 12.0. The van der Waals surface area contributed by atoms with Gasteiger partial charge in [0.1, 0.15) is 5.75 Å². The molecule has 0 aliphatic carbocycles. The molecule has 1 aromatic carbocycles. The zero-order chi connectivity index (χ0) is 14.0. The van der Waals surface area contributed by atoms with Gasteiger partial charge < -0.3 is 10.8 Å². The molecule has 19 heavy (non-hydrogen) atoms. The summed E-state index contributed by atoms with van der Waals surface area (Å²) in [4.78, 5) is 0.811. The van der Waals surface area contributed by atoms with E-state index in [4.69, 9.17) is 17.3 Å². The maximum Gasteiger partial charge on any atom is 0.240 e. The second-order valence-electron chi connectivity index (χ2n) is 3.75. The van der Waals surface area contributed by atoms with Gasteiger partial charge in [0.25, 0.3) is 0 Å². The van der Waals surface area contributed by atoms with Gasteiger partial charge in [-0.25, -0.2) is 13.1 Å². The SMILES string of the molecule is Nc1cc(S(=O)(=O)NCc2ccc(Cl)s2)ccc1O. The van der Waals surface area contributed by atoms with Crippen molar-refractivity contribution in [2.75, 3.05) is 5.73 Å². The van der Waals surface area contributed by atoms with E-state index in [0.29, 0.717) is 4.34 Å². The van der Waals surface area contributed by atoms with Crippen molar-refractivity contribution in [2.45, 2.75) is 11.4 Å². The Bertz CT molecular complexity index is 698. The van der Waals surface area contributed by atoms with Crippen molar-refractivity contribution in [3.63, 3.8) is 0 Å². The standard InChI is InChI=1S/C11H11ClN2O3S2/c12-11-4-1-7(18-11)6-14-19(16,17)8-2-3-10(15)9(13)5-8/h1-5,14-15H,6,13H2. The van der Waals surface area contributed by atoms with E-state index in [0.717, 1.165) is 4.88 Å². The van der Waals surface area contributed by atoms with E-state index in [9.17, 15) is 13.5 Å². The van der Waals surface area contributed by atoms with Crippen LogP contribution in [0.4, 0.5) is 5.69 Å². The van der Waals surface area contributed by atoms with Gasteiger partial charge >= 0.3 is 0 Å². The lowest BCUT2D eigenvalue weighted by molar-refractivity contribution is 0.477. The van der Waals surface area contributed by atoms with Crippen molar-refractivity contribution in [1.82, 2.24) is 4.72 Å². The van der Waals surface area contributed by atoms with Crippen LogP contribution < -0.4 is 10.5 Å². The molecule has 0 saturated heterocycles. The monoisotopic (exact) mass is 318 g/mol. The number of phenolic OH excluding ortho intramolecular Hbond substituents is 1. The lowest BCUT2D eigenvalue weighted by Gasteiger charge is -2.07. The zero-order valence-electron chi connectivity index (χ0n) is 9.63. The molecule has 102 valence electrons. The number of benzene rings is 1. The molecule has 0 aliphatic heterocycles. The highest BCUT2D eigenvalue weighted by Crippen LogP contribution is 2.24. The molecule has 0 fully saturated rings. The fraction of sp³-hybridized carbons (Fsp3) is 0.0909. The van der Waals surface area contributed by atoms with Gasteiger partial charge in [-0.05, 0) is 30.3 Å². The Balaban J connectivity index is 2.16. The van der Waals surface area contributed by atoms with Crippen LogP contribution in [0, 0.1) is 0 Å². The molecule has 8 heteroatoms. The highest BCUT2D eigenvalue weighted by Gasteiger charge is 2.15. The van der Waals surface area contributed by atoms with Crippen molar-refractivity contribution < 1.29 is 13.5 Å². The number of halogens is 1. The van der Waals surface area contributed by atoms with Gasteiger partial charge in [-0.15, -0.1) is 11.3 Å². The van der Waals surface area contributed by atoms with E-state index in [1.165, 1.54) is 29.5 Å². The van der Waals surface area contributed by atoms with Crippen LogP contribution in [0.3, 0.4) is 0 Å². The van der Waals surface area contributed by atoms with Crippen molar-refractivity contribution >= 4 is 38.6 Å². The Morgan fingerprint density at radius 2 is 2.05 bits per heavy atom. The number of sulfonamides is 1. The molecule has 5 nitrogen and oxygen atoms in total. The first-order chi connectivity index (χ1) is 8.88. The second-order valence-corrected chi connectivity index (χ2v) is 7.32. The van der Waals surface area contributed by atoms with Crippen LogP contribution in [-0.4, -0.2) is 13.5 Å². The number of nitrogen functional groups attached to an aromatic ring is 1. The van der Waals surface area contributed by atoms with Gasteiger partial charge in [0.2, 0.25) is 10.0 Å². The number of thiophene rings is 1. The molecule has 2 rings (SSSR count). The summed E-state index contributed by atoms with van der Waals surface area (Å²) in [6.07, 6.45) is 0. The topological polar surface area (TPSA) is 92.4 Å². The number of hydrogen-bond donors (Lipinski definition) is 3. The lowest BCUT2D eigenvalue weighted by atomic mass is 10.3. The molecule has 0 atom stereocenters. The number of phenols is 1. The quantitative estimate of drug-likeness (QED) is 0.595. The molecule has 0 unspecified atom stereocenters. The number of anilines is 1. The van der Waals surface area contributed by atoms with Crippen LogP contribution >= 0.6 is 22.9 Å². The average molecular weight is 319 g/mol. The molecule has 0 saturated carbocycles. The van der Waals surface area contributed by atoms with E-state index < -0.39 is 10.0 Å². The largest absolute Gasteiger partial charge is 0.506 e. The summed E-state index contributed by atoms with van der Waals surface area (Å²) in [5.74, 6) is -0.149. The van der Waals surface area contributed by atoms with Crippen LogP contribution in [0.2, 0.25) is 4.34 Å². The molecular weight excluding hydrogens is 308 g/mol. The van der Waals surface area contributed by atoms with Crippen molar-refractivity contribution in [3.8, 4) is 5.75 Å². The molecule has 0 radical (unpaired) electrons. The molecule has 1 heterocycles. The summed E-state index contributed by atoms with van der Waals surface area (Å²) in [6.45, 7) is 0.153. The number of aromatic hydroxyl groups is 1. The Kier molecular flexibility index (Phi) is 4.00. The molecule has 4 N–H and O–H groups in total. The Morgan fingerprint density at radius 3 is 2.63 bits per heavy atom. The molecule has 0 amide bonds. The predicted molar refractivity (Wildman–Crippen MR) is 75.9 cm³/mol. The first-order valence-electron chi connectivity index (χ1n) is 5.21. The van der Waals surface area contributed by atoms with Gasteiger partial charge in [-0.2, -0.15) is 0 Å². The van der Waals surface area contributed by atoms with Gasteiger partial charge in [0.15, 0.2) is 0 Å². The van der Waals surface area contributed by atoms with Crippen molar-refractivity contribution in [2.24, 2.45) is 0 Å². The fourth-order valence-corrected chi connectivity index (χ4v) is 3.56. The van der Waals surface area contributed by atoms with Gasteiger partial charge in [-0.1, -0.05) is 11.6 Å². The third kappa shape index (κ3) is 3.38. The number of rotatable bonds is 4. The molecule has 0 aliphatic rings. The molecular formula is C11H11ClN2O3S2. The first kappa shape index (κ1) is 14.1. The summed E-state index contributed by atoms with van der Waals surface area (Å²) in [6, 6.07) is 7.19. The minimum absolute atomic E-state index is 0.00505. The van der Waals surface area contributed by atoms with Crippen LogP contribution in [-0.2, 0) is 16.6 Å². The fourth-order valence-electron chi connectivity index (χ4n) is 1.40. The summed E-state index contributed by atoms with van der Waals surface area (Å²) in [5, 5.41) is 9.27. The maximum absolute atomic E-state index is 12.0. The summed E-state index contributed by atoms with van der Waals surface area (Å²) in [5.41, 5.74) is 5.49. The average Bonchev–Trinajstić information content (AvgIpc) is 2.76. The minimum Gasteiger partial charge on any atom is -0.506 e. The summed E-state index contributed by atoms with van der Waals surface area (Å²) >= 11 is 7.07. The first-order valence-corrected chi connectivity index (χ1v) is 7.88. The van der Waals surface area contributed by atoms with Crippen LogP contribution in [0.1, 0.15) is 4.88 Å². The predicted octanol–water partition coefficient (Wildman–Crippen LogP) is 2.17. The lowest BCUT2D eigenvalue weighted by Crippen LogP contribution is -2.22. The zero-order valence-corrected chi connectivity index (χ0v) is 12.0. The Morgan fingerprint density at radius 1 is 1.32 bits per heavy atom. The van der Waals surface area contributed by atoms with E-state index in [1.807, 2.05) is 0 Å². The number of nitrogens with two attached hydrogens (primary N) is 1. The van der Waals surface area contributed by atoms with Crippen molar-refractivity contribution in [3.05, 3.63) is 39.5 Å².